The van der Waals surface area contributed by atoms with Gasteiger partial charge < -0.3 is 29.7 Å². The van der Waals surface area contributed by atoms with Crippen LogP contribution in [0.25, 0.3) is 21.8 Å². The molecule has 2 heterocycles. The van der Waals surface area contributed by atoms with Crippen molar-refractivity contribution in [3.8, 4) is 17.4 Å². The second kappa shape index (κ2) is 8.53. The van der Waals surface area contributed by atoms with Gasteiger partial charge in [0.2, 0.25) is 5.88 Å². The Kier molecular flexibility index (Phi) is 5.64. The van der Waals surface area contributed by atoms with E-state index >= 15 is 0 Å². The molecule has 0 amide bonds. The molecule has 0 fully saturated rings. The number of hydrogen-bond acceptors (Lipinski definition) is 7. The van der Waals surface area contributed by atoms with E-state index in [1.165, 1.54) is 0 Å². The van der Waals surface area contributed by atoms with Crippen LogP contribution in [-0.2, 0) is 16.1 Å². The number of anilines is 1. The number of methoxy groups -OCH3 is 1. The molecule has 0 bridgehead atoms. The number of fused-ring (bicyclic) bond motifs is 3. The highest BCUT2D eigenvalue weighted by atomic mass is 16.7. The number of rotatable bonds is 6. The first-order chi connectivity index (χ1) is 15.0. The standard InChI is InChI=1S/C23H23N3O5/c1-13(2)29-23(27)31-22-16(12-28-3)20-18(11-25-22)26-17-5-4-6-19(21(17)20)30-15-9-7-14(24)8-10-15/h4-11,13,26H,12,24H2,1-3H3. The summed E-state index contributed by atoms with van der Waals surface area (Å²) in [5.41, 5.74) is 8.66. The van der Waals surface area contributed by atoms with E-state index in [9.17, 15) is 4.79 Å². The van der Waals surface area contributed by atoms with Crippen molar-refractivity contribution >= 4 is 33.6 Å². The van der Waals surface area contributed by atoms with Gasteiger partial charge in [0, 0.05) is 18.2 Å². The summed E-state index contributed by atoms with van der Waals surface area (Å²) in [7, 11) is 1.57. The second-order valence-corrected chi connectivity index (χ2v) is 7.26. The van der Waals surface area contributed by atoms with Gasteiger partial charge in [-0.2, -0.15) is 0 Å². The second-order valence-electron chi connectivity index (χ2n) is 7.26. The van der Waals surface area contributed by atoms with Gasteiger partial charge >= 0.3 is 6.16 Å². The zero-order valence-corrected chi connectivity index (χ0v) is 17.5. The van der Waals surface area contributed by atoms with Crippen LogP contribution in [0.5, 0.6) is 17.4 Å². The zero-order valence-electron chi connectivity index (χ0n) is 17.5. The predicted octanol–water partition coefficient (Wildman–Crippen LogP) is 5.16. The first kappa shape index (κ1) is 20.5. The van der Waals surface area contributed by atoms with Crippen LogP contribution < -0.4 is 15.2 Å². The highest BCUT2D eigenvalue weighted by Gasteiger charge is 2.21. The van der Waals surface area contributed by atoms with Crippen molar-refractivity contribution in [2.24, 2.45) is 0 Å². The molecule has 0 aliphatic heterocycles. The minimum absolute atomic E-state index is 0.128. The molecule has 0 unspecified atom stereocenters. The molecule has 8 heteroatoms. The molecule has 2 aromatic carbocycles. The van der Waals surface area contributed by atoms with Crippen molar-refractivity contribution in [2.45, 2.75) is 26.6 Å². The van der Waals surface area contributed by atoms with Gasteiger partial charge in [0.15, 0.2) is 0 Å². The molecular weight excluding hydrogens is 398 g/mol. The summed E-state index contributed by atoms with van der Waals surface area (Å²) in [6.07, 6.45) is 0.479. The maximum Gasteiger partial charge on any atom is 0.515 e. The zero-order chi connectivity index (χ0) is 22.0. The third-order valence-corrected chi connectivity index (χ3v) is 4.59. The summed E-state index contributed by atoms with van der Waals surface area (Å²) in [6, 6.07) is 12.9. The van der Waals surface area contributed by atoms with Crippen LogP contribution in [0.3, 0.4) is 0 Å². The molecule has 8 nitrogen and oxygen atoms in total. The number of aromatic amines is 1. The molecule has 0 saturated heterocycles. The highest BCUT2D eigenvalue weighted by molar-refractivity contribution is 6.12. The first-order valence-electron chi connectivity index (χ1n) is 9.79. The van der Waals surface area contributed by atoms with Gasteiger partial charge in [0.1, 0.15) is 11.5 Å². The lowest BCUT2D eigenvalue weighted by Gasteiger charge is -2.12. The third kappa shape index (κ3) is 4.24. The monoisotopic (exact) mass is 421 g/mol. The number of H-pyrrole nitrogens is 1. The quantitative estimate of drug-likeness (QED) is 0.327. The number of nitrogens with two attached hydrogens (primary N) is 1. The summed E-state index contributed by atoms with van der Waals surface area (Å²) in [4.78, 5) is 19.7. The van der Waals surface area contributed by atoms with E-state index in [1.54, 1.807) is 51.4 Å². The van der Waals surface area contributed by atoms with Gasteiger partial charge in [-0.15, -0.1) is 0 Å². The molecule has 31 heavy (non-hydrogen) atoms. The Labute approximate surface area is 178 Å². The van der Waals surface area contributed by atoms with Crippen LogP contribution in [-0.4, -0.2) is 29.3 Å². The minimum atomic E-state index is -0.822. The molecule has 0 atom stereocenters. The number of hydrogen-bond donors (Lipinski definition) is 2. The average molecular weight is 421 g/mol. The summed E-state index contributed by atoms with van der Waals surface area (Å²) >= 11 is 0. The summed E-state index contributed by atoms with van der Waals surface area (Å²) in [5, 5.41) is 1.62. The highest BCUT2D eigenvalue weighted by Crippen LogP contribution is 2.39. The molecule has 4 aromatic rings. The number of ether oxygens (including phenoxy) is 4. The topological polar surface area (TPSA) is 109 Å². The summed E-state index contributed by atoms with van der Waals surface area (Å²) < 4.78 is 22.0. The maximum atomic E-state index is 12.1. The third-order valence-electron chi connectivity index (χ3n) is 4.59. The van der Waals surface area contributed by atoms with Crippen LogP contribution in [0.15, 0.2) is 48.7 Å². The molecular formula is C23H23N3O5. The van der Waals surface area contributed by atoms with E-state index in [0.29, 0.717) is 22.7 Å². The van der Waals surface area contributed by atoms with E-state index in [-0.39, 0.29) is 18.6 Å². The lowest BCUT2D eigenvalue weighted by atomic mass is 10.1. The number of carbonyl (C=O) groups excluding carboxylic acids is 1. The average Bonchev–Trinajstić information content (AvgIpc) is 3.11. The van der Waals surface area contributed by atoms with Crippen molar-refractivity contribution in [1.29, 1.82) is 0 Å². The van der Waals surface area contributed by atoms with Crippen LogP contribution in [0.2, 0.25) is 0 Å². The molecule has 160 valence electrons. The summed E-state index contributed by atoms with van der Waals surface area (Å²) in [6.45, 7) is 3.67. The number of nitrogens with zero attached hydrogens (tertiary/aromatic N) is 1. The number of benzene rings is 2. The van der Waals surface area contributed by atoms with E-state index in [4.69, 9.17) is 24.7 Å². The normalized spacial score (nSPS) is 11.2. The number of aromatic nitrogens is 2. The Balaban J connectivity index is 1.86. The smallest absolute Gasteiger partial charge is 0.457 e. The molecule has 0 aliphatic rings. The Bertz CT molecular complexity index is 1230. The van der Waals surface area contributed by atoms with Crippen LogP contribution in [0.4, 0.5) is 10.5 Å². The maximum absolute atomic E-state index is 12.1. The Morgan fingerprint density at radius 2 is 1.87 bits per heavy atom. The van der Waals surface area contributed by atoms with Gasteiger partial charge in [0.05, 0.1) is 40.9 Å². The fraction of sp³-hybridized carbons (Fsp3) is 0.217. The SMILES string of the molecule is COCc1c(OC(=O)OC(C)C)ncc2[nH]c3cccc(Oc4ccc(N)cc4)c3c12. The van der Waals surface area contributed by atoms with Crippen LogP contribution in [0.1, 0.15) is 19.4 Å². The number of nitrogen functional groups attached to an aromatic ring is 1. The fourth-order valence-corrected chi connectivity index (χ4v) is 3.36. The van der Waals surface area contributed by atoms with Gasteiger partial charge in [-0.05, 0) is 50.2 Å². The lowest BCUT2D eigenvalue weighted by molar-refractivity contribution is 0.0705. The van der Waals surface area contributed by atoms with Crippen LogP contribution in [0, 0.1) is 0 Å². The molecule has 2 aromatic heterocycles. The number of pyridine rings is 1. The van der Waals surface area contributed by atoms with E-state index in [2.05, 4.69) is 9.97 Å². The van der Waals surface area contributed by atoms with Crippen molar-refractivity contribution in [3.05, 3.63) is 54.2 Å². The molecule has 0 spiro atoms. The van der Waals surface area contributed by atoms with Crippen molar-refractivity contribution in [1.82, 2.24) is 9.97 Å². The van der Waals surface area contributed by atoms with Crippen molar-refractivity contribution in [3.63, 3.8) is 0 Å². The summed E-state index contributed by atoms with van der Waals surface area (Å²) in [5.74, 6) is 1.41. The molecule has 4 rings (SSSR count). The molecule has 0 aliphatic carbocycles. The first-order valence-corrected chi connectivity index (χ1v) is 9.79. The van der Waals surface area contributed by atoms with E-state index in [1.807, 2.05) is 18.2 Å². The van der Waals surface area contributed by atoms with Crippen LogP contribution >= 0.6 is 0 Å². The fourth-order valence-electron chi connectivity index (χ4n) is 3.36. The number of nitrogens with one attached hydrogen (secondary N) is 1. The van der Waals surface area contributed by atoms with Crippen molar-refractivity contribution in [2.75, 3.05) is 12.8 Å². The molecule has 0 saturated carbocycles. The molecule has 3 N–H and O–H groups in total. The van der Waals surface area contributed by atoms with Gasteiger partial charge in [-0.1, -0.05) is 6.07 Å². The minimum Gasteiger partial charge on any atom is -0.457 e. The van der Waals surface area contributed by atoms with Gasteiger partial charge in [0.25, 0.3) is 0 Å². The van der Waals surface area contributed by atoms with E-state index in [0.717, 1.165) is 21.8 Å². The van der Waals surface area contributed by atoms with Crippen molar-refractivity contribution < 1.29 is 23.7 Å². The molecule has 0 radical (unpaired) electrons. The largest absolute Gasteiger partial charge is 0.515 e. The Morgan fingerprint density at radius 3 is 2.58 bits per heavy atom. The number of carbonyl (C=O) groups is 1. The predicted molar refractivity (Wildman–Crippen MR) is 117 cm³/mol. The van der Waals surface area contributed by atoms with Gasteiger partial charge in [-0.3, -0.25) is 0 Å². The Hall–Kier alpha value is -3.78. The Morgan fingerprint density at radius 1 is 1.10 bits per heavy atom. The lowest BCUT2D eigenvalue weighted by Crippen LogP contribution is -2.17. The van der Waals surface area contributed by atoms with E-state index < -0.39 is 6.16 Å². The van der Waals surface area contributed by atoms with Gasteiger partial charge in [-0.25, -0.2) is 9.78 Å².